The molecule has 1 unspecified atom stereocenters. The summed E-state index contributed by atoms with van der Waals surface area (Å²) in [4.78, 5) is 27.1. The first-order valence-corrected chi connectivity index (χ1v) is 9.57. The lowest BCUT2D eigenvalue weighted by molar-refractivity contribution is -0.137. The van der Waals surface area contributed by atoms with E-state index in [1.165, 1.54) is 12.1 Å². The summed E-state index contributed by atoms with van der Waals surface area (Å²) in [5.41, 5.74) is 0.275. The predicted molar refractivity (Wildman–Crippen MR) is 105 cm³/mol. The van der Waals surface area contributed by atoms with Crippen LogP contribution in [0.25, 0.3) is 0 Å². The number of hydrogen-bond donors (Lipinski definition) is 1. The number of Topliss-reactive ketones (excluding diaryl/α,β-unsaturated/α-hetero) is 1. The Balaban J connectivity index is 1.53. The fourth-order valence-electron chi connectivity index (χ4n) is 3.54. The van der Waals surface area contributed by atoms with Crippen LogP contribution in [0.15, 0.2) is 54.6 Å². The zero-order valence-electron chi connectivity index (χ0n) is 16.1. The fraction of sp³-hybridized carbons (Fsp3) is 0.364. The van der Waals surface area contributed by atoms with Crippen LogP contribution in [-0.4, -0.2) is 35.7 Å². The maximum atomic E-state index is 12.6. The van der Waals surface area contributed by atoms with Crippen molar-refractivity contribution in [3.8, 4) is 0 Å². The van der Waals surface area contributed by atoms with Crippen LogP contribution in [0.5, 0.6) is 0 Å². The summed E-state index contributed by atoms with van der Waals surface area (Å²) in [7, 11) is 0. The number of halogens is 3. The van der Waals surface area contributed by atoms with Gasteiger partial charge in [-0.25, -0.2) is 0 Å². The van der Waals surface area contributed by atoms with E-state index in [2.05, 4.69) is 5.32 Å². The Morgan fingerprint density at radius 2 is 1.59 bits per heavy atom. The van der Waals surface area contributed by atoms with Crippen molar-refractivity contribution in [2.75, 3.05) is 18.4 Å². The first-order chi connectivity index (χ1) is 13.8. The van der Waals surface area contributed by atoms with Gasteiger partial charge in [-0.3, -0.25) is 14.5 Å². The molecular formula is C22H23F3N2O2. The number of amides is 1. The van der Waals surface area contributed by atoms with E-state index in [9.17, 15) is 22.8 Å². The van der Waals surface area contributed by atoms with Gasteiger partial charge in [0.05, 0.1) is 11.6 Å². The number of alkyl halides is 3. The van der Waals surface area contributed by atoms with E-state index in [4.69, 9.17) is 0 Å². The normalized spacial score (nSPS) is 17.0. The average Bonchev–Trinajstić information content (AvgIpc) is 2.73. The summed E-state index contributed by atoms with van der Waals surface area (Å²) < 4.78 is 37.9. The summed E-state index contributed by atoms with van der Waals surface area (Å²) in [5, 5.41) is 2.66. The van der Waals surface area contributed by atoms with Crippen LogP contribution >= 0.6 is 0 Å². The standard InChI is InChI=1S/C22H23F3N2O2/c1-15(21(29)26-19-9-7-18(8-10-19)22(23,24)25)27-13-11-17(12-14-27)20(28)16-5-3-2-4-6-16/h2-10,15,17H,11-14H2,1H3,(H,26,29). The maximum absolute atomic E-state index is 12.6. The molecule has 1 saturated heterocycles. The number of rotatable bonds is 5. The molecule has 4 nitrogen and oxygen atoms in total. The number of carbonyl (C=O) groups excluding carboxylic acids is 2. The third-order valence-corrected chi connectivity index (χ3v) is 5.37. The highest BCUT2D eigenvalue weighted by atomic mass is 19.4. The molecule has 1 aliphatic rings. The molecule has 1 aliphatic heterocycles. The van der Waals surface area contributed by atoms with Gasteiger partial charge in [-0.2, -0.15) is 13.2 Å². The average molecular weight is 404 g/mol. The van der Waals surface area contributed by atoms with Gasteiger partial charge in [-0.15, -0.1) is 0 Å². The molecule has 3 rings (SSSR count). The van der Waals surface area contributed by atoms with Gasteiger partial charge in [0.1, 0.15) is 0 Å². The van der Waals surface area contributed by atoms with Crippen LogP contribution in [0.4, 0.5) is 18.9 Å². The molecule has 154 valence electrons. The second kappa shape index (κ2) is 8.78. The Hall–Kier alpha value is -2.67. The molecule has 2 aromatic carbocycles. The number of piperidine rings is 1. The highest BCUT2D eigenvalue weighted by Crippen LogP contribution is 2.30. The van der Waals surface area contributed by atoms with E-state index in [1.54, 1.807) is 6.92 Å². The lowest BCUT2D eigenvalue weighted by Crippen LogP contribution is -2.47. The molecule has 29 heavy (non-hydrogen) atoms. The quantitative estimate of drug-likeness (QED) is 0.740. The number of benzene rings is 2. The van der Waals surface area contributed by atoms with Crippen molar-refractivity contribution in [3.63, 3.8) is 0 Å². The minimum absolute atomic E-state index is 0.0566. The van der Waals surface area contributed by atoms with Crippen molar-refractivity contribution in [3.05, 3.63) is 65.7 Å². The Morgan fingerprint density at radius 3 is 2.14 bits per heavy atom. The van der Waals surface area contributed by atoms with E-state index in [1.807, 2.05) is 35.2 Å². The molecule has 0 radical (unpaired) electrons. The Morgan fingerprint density at radius 1 is 1.00 bits per heavy atom. The summed E-state index contributed by atoms with van der Waals surface area (Å²) >= 11 is 0. The van der Waals surface area contributed by atoms with E-state index in [0.717, 1.165) is 12.1 Å². The van der Waals surface area contributed by atoms with Crippen molar-refractivity contribution in [1.29, 1.82) is 0 Å². The van der Waals surface area contributed by atoms with Gasteiger partial charge in [0.2, 0.25) is 5.91 Å². The van der Waals surface area contributed by atoms with Gasteiger partial charge < -0.3 is 5.32 Å². The number of hydrogen-bond acceptors (Lipinski definition) is 3. The van der Waals surface area contributed by atoms with E-state index < -0.39 is 17.8 Å². The van der Waals surface area contributed by atoms with Crippen molar-refractivity contribution >= 4 is 17.4 Å². The zero-order valence-corrected chi connectivity index (χ0v) is 16.1. The lowest BCUT2D eigenvalue weighted by atomic mass is 9.88. The third-order valence-electron chi connectivity index (χ3n) is 5.37. The molecule has 1 atom stereocenters. The summed E-state index contributed by atoms with van der Waals surface area (Å²) in [5.74, 6) is -0.205. The lowest BCUT2D eigenvalue weighted by Gasteiger charge is -2.34. The number of anilines is 1. The Bertz CT molecular complexity index is 843. The largest absolute Gasteiger partial charge is 0.416 e. The highest BCUT2D eigenvalue weighted by molar-refractivity contribution is 5.98. The highest BCUT2D eigenvalue weighted by Gasteiger charge is 2.31. The minimum atomic E-state index is -4.41. The topological polar surface area (TPSA) is 49.4 Å². The minimum Gasteiger partial charge on any atom is -0.325 e. The molecule has 0 spiro atoms. The van der Waals surface area contributed by atoms with Crippen LogP contribution in [0.1, 0.15) is 35.7 Å². The Kier molecular flexibility index (Phi) is 6.37. The third kappa shape index (κ3) is 5.23. The molecule has 2 aromatic rings. The molecule has 1 heterocycles. The smallest absolute Gasteiger partial charge is 0.325 e. The molecule has 0 bridgehead atoms. The van der Waals surface area contributed by atoms with Gasteiger partial charge in [0, 0.05) is 17.2 Å². The Labute approximate surface area is 167 Å². The number of nitrogens with zero attached hydrogens (tertiary/aromatic N) is 1. The van der Waals surface area contributed by atoms with Crippen molar-refractivity contribution in [2.45, 2.75) is 32.0 Å². The molecule has 1 fully saturated rings. The van der Waals surface area contributed by atoms with E-state index in [-0.39, 0.29) is 17.6 Å². The number of likely N-dealkylation sites (tertiary alicyclic amines) is 1. The second-order valence-corrected chi connectivity index (χ2v) is 7.28. The molecule has 1 N–H and O–H groups in total. The van der Waals surface area contributed by atoms with Gasteiger partial charge >= 0.3 is 6.18 Å². The van der Waals surface area contributed by atoms with Gasteiger partial charge in [0.25, 0.3) is 0 Å². The van der Waals surface area contributed by atoms with Gasteiger partial charge in [-0.05, 0) is 57.1 Å². The first kappa shape index (κ1) is 21.0. The van der Waals surface area contributed by atoms with Crippen molar-refractivity contribution in [1.82, 2.24) is 4.90 Å². The fourth-order valence-corrected chi connectivity index (χ4v) is 3.54. The van der Waals surface area contributed by atoms with Crippen molar-refractivity contribution < 1.29 is 22.8 Å². The number of nitrogens with one attached hydrogen (secondary N) is 1. The summed E-state index contributed by atoms with van der Waals surface area (Å²) in [6.45, 7) is 2.99. The summed E-state index contributed by atoms with van der Waals surface area (Å²) in [6, 6.07) is 13.1. The summed E-state index contributed by atoms with van der Waals surface area (Å²) in [6.07, 6.45) is -3.06. The molecule has 1 amide bonds. The second-order valence-electron chi connectivity index (χ2n) is 7.28. The number of carbonyl (C=O) groups is 2. The zero-order chi connectivity index (χ0) is 21.0. The van der Waals surface area contributed by atoms with Gasteiger partial charge in [-0.1, -0.05) is 30.3 Å². The van der Waals surface area contributed by atoms with E-state index >= 15 is 0 Å². The predicted octanol–water partition coefficient (Wildman–Crippen LogP) is 4.63. The van der Waals surface area contributed by atoms with Crippen molar-refractivity contribution in [2.24, 2.45) is 5.92 Å². The molecule has 7 heteroatoms. The monoisotopic (exact) mass is 404 g/mol. The van der Waals surface area contributed by atoms with Crippen LogP contribution < -0.4 is 5.32 Å². The molecule has 0 aromatic heterocycles. The van der Waals surface area contributed by atoms with Crippen LogP contribution in [-0.2, 0) is 11.0 Å². The van der Waals surface area contributed by atoms with Crippen LogP contribution in [0.3, 0.4) is 0 Å². The van der Waals surface area contributed by atoms with Gasteiger partial charge in [0.15, 0.2) is 5.78 Å². The SMILES string of the molecule is CC(C(=O)Nc1ccc(C(F)(F)F)cc1)N1CCC(C(=O)c2ccccc2)CC1. The van der Waals surface area contributed by atoms with Crippen LogP contribution in [0, 0.1) is 5.92 Å². The van der Waals surface area contributed by atoms with E-state index in [0.29, 0.717) is 37.2 Å². The number of ketones is 1. The maximum Gasteiger partial charge on any atom is 0.416 e. The first-order valence-electron chi connectivity index (χ1n) is 9.57. The molecule has 0 saturated carbocycles. The molecular weight excluding hydrogens is 381 g/mol. The molecule has 0 aliphatic carbocycles. The van der Waals surface area contributed by atoms with Crippen LogP contribution in [0.2, 0.25) is 0 Å².